The van der Waals surface area contributed by atoms with Gasteiger partial charge in [-0.2, -0.15) is 4.98 Å². The van der Waals surface area contributed by atoms with Gasteiger partial charge >= 0.3 is 0 Å². The molecule has 1 heterocycles. The zero-order valence-corrected chi connectivity index (χ0v) is 15.6. The van der Waals surface area contributed by atoms with E-state index in [4.69, 9.17) is 15.0 Å². The van der Waals surface area contributed by atoms with Crippen LogP contribution in [0.4, 0.5) is 0 Å². The number of rotatable bonds is 6. The molecule has 3 rings (SSSR count). The minimum Gasteiger partial charge on any atom is -0.490 e. The summed E-state index contributed by atoms with van der Waals surface area (Å²) in [4.78, 5) is 4.46. The Hall–Kier alpha value is -1.85. The molecule has 0 saturated heterocycles. The van der Waals surface area contributed by atoms with Gasteiger partial charge in [-0.1, -0.05) is 43.1 Å². The number of aromatic nitrogens is 2. The molecular weight excluding hydrogens is 338 g/mol. The van der Waals surface area contributed by atoms with Crippen molar-refractivity contribution in [3.63, 3.8) is 0 Å². The fraction of sp³-hybridized carbons (Fsp3) is 0.474. The highest BCUT2D eigenvalue weighted by Gasteiger charge is 2.35. The van der Waals surface area contributed by atoms with Crippen molar-refractivity contribution < 1.29 is 9.26 Å². The number of hydrogen-bond donors (Lipinski definition) is 1. The zero-order chi connectivity index (χ0) is 17.0. The lowest BCUT2D eigenvalue weighted by Crippen LogP contribution is -2.34. The minimum atomic E-state index is -0.423. The van der Waals surface area contributed by atoms with Crippen molar-refractivity contribution in [1.29, 1.82) is 0 Å². The lowest BCUT2D eigenvalue weighted by molar-refractivity contribution is 0.217. The number of nitrogens with two attached hydrogens (primary N) is 1. The van der Waals surface area contributed by atoms with Crippen molar-refractivity contribution in [3.05, 3.63) is 41.5 Å². The van der Waals surface area contributed by atoms with Crippen LogP contribution < -0.4 is 10.5 Å². The van der Waals surface area contributed by atoms with E-state index in [0.717, 1.165) is 43.4 Å². The molecule has 5 nitrogen and oxygen atoms in total. The Morgan fingerprint density at radius 1 is 1.28 bits per heavy atom. The van der Waals surface area contributed by atoms with Gasteiger partial charge in [-0.15, -0.1) is 12.4 Å². The second-order valence-electron chi connectivity index (χ2n) is 6.53. The summed E-state index contributed by atoms with van der Waals surface area (Å²) in [5, 5.41) is 4.07. The summed E-state index contributed by atoms with van der Waals surface area (Å²) in [7, 11) is 0. The van der Waals surface area contributed by atoms with E-state index in [2.05, 4.69) is 24.0 Å². The molecule has 1 aromatic heterocycles. The van der Waals surface area contributed by atoms with Gasteiger partial charge in [0.1, 0.15) is 5.75 Å². The number of halogens is 1. The highest BCUT2D eigenvalue weighted by atomic mass is 35.5. The van der Waals surface area contributed by atoms with Crippen LogP contribution in [0.5, 0.6) is 5.75 Å². The average Bonchev–Trinajstić information content (AvgIpc) is 3.24. The molecule has 1 unspecified atom stereocenters. The van der Waals surface area contributed by atoms with Crippen molar-refractivity contribution in [2.24, 2.45) is 5.73 Å². The van der Waals surface area contributed by atoms with Crippen LogP contribution in [0.2, 0.25) is 0 Å². The van der Waals surface area contributed by atoms with Crippen LogP contribution in [-0.4, -0.2) is 16.2 Å². The Labute approximate surface area is 155 Å². The molecule has 2 aromatic rings. The predicted octanol–water partition coefficient (Wildman–Crippen LogP) is 4.57. The fourth-order valence-corrected chi connectivity index (χ4v) is 2.92. The van der Waals surface area contributed by atoms with E-state index in [1.165, 1.54) is 0 Å². The number of hydrogen-bond acceptors (Lipinski definition) is 5. The van der Waals surface area contributed by atoms with E-state index in [1.807, 2.05) is 36.4 Å². The molecule has 0 aliphatic heterocycles. The molecule has 136 valence electrons. The number of para-hydroxylation sites is 1. The van der Waals surface area contributed by atoms with Gasteiger partial charge < -0.3 is 15.0 Å². The molecule has 0 amide bonds. The van der Waals surface area contributed by atoms with Crippen molar-refractivity contribution in [2.45, 2.75) is 57.6 Å². The highest BCUT2D eigenvalue weighted by Crippen LogP contribution is 2.34. The maximum atomic E-state index is 6.37. The lowest BCUT2D eigenvalue weighted by atomic mass is 9.99. The molecule has 1 aliphatic rings. The minimum absolute atomic E-state index is 0. The zero-order valence-electron chi connectivity index (χ0n) is 14.8. The maximum absolute atomic E-state index is 6.37. The van der Waals surface area contributed by atoms with Gasteiger partial charge in [-0.25, -0.2) is 0 Å². The van der Waals surface area contributed by atoms with Gasteiger partial charge in [-0.3, -0.25) is 0 Å². The highest BCUT2D eigenvalue weighted by molar-refractivity contribution is 5.85. The summed E-state index contributed by atoms with van der Waals surface area (Å²) in [6.45, 7) is 4.17. The summed E-state index contributed by atoms with van der Waals surface area (Å²) >= 11 is 0. The monoisotopic (exact) mass is 363 g/mol. The van der Waals surface area contributed by atoms with Gasteiger partial charge in [0.05, 0.1) is 11.6 Å². The van der Waals surface area contributed by atoms with Crippen LogP contribution in [0.3, 0.4) is 0 Å². The summed E-state index contributed by atoms with van der Waals surface area (Å²) < 4.78 is 11.3. The summed E-state index contributed by atoms with van der Waals surface area (Å²) in [5.74, 6) is 1.94. The first-order valence-electron chi connectivity index (χ1n) is 8.67. The molecule has 1 atom stereocenters. The Morgan fingerprint density at radius 3 is 2.72 bits per heavy atom. The van der Waals surface area contributed by atoms with E-state index < -0.39 is 5.54 Å². The fourth-order valence-electron chi connectivity index (χ4n) is 2.92. The number of nitrogens with zero attached hydrogens (tertiary/aromatic N) is 2. The summed E-state index contributed by atoms with van der Waals surface area (Å²) in [6, 6.07) is 7.93. The van der Waals surface area contributed by atoms with Crippen LogP contribution in [0.15, 0.2) is 28.8 Å². The van der Waals surface area contributed by atoms with Gasteiger partial charge in [-0.05, 0) is 38.3 Å². The van der Waals surface area contributed by atoms with Crippen LogP contribution >= 0.6 is 12.4 Å². The summed E-state index contributed by atoms with van der Waals surface area (Å²) in [6.07, 6.45) is 8.97. The topological polar surface area (TPSA) is 74.2 Å². The van der Waals surface area contributed by atoms with Crippen molar-refractivity contribution in [3.8, 4) is 5.75 Å². The quantitative estimate of drug-likeness (QED) is 0.813. The molecule has 1 saturated carbocycles. The third-order valence-corrected chi connectivity index (χ3v) is 4.61. The van der Waals surface area contributed by atoms with Crippen molar-refractivity contribution in [2.75, 3.05) is 0 Å². The van der Waals surface area contributed by atoms with Crippen molar-refractivity contribution >= 4 is 24.6 Å². The molecular formula is C19H26ClN3O2. The Morgan fingerprint density at radius 2 is 2.00 bits per heavy atom. The Kier molecular flexibility index (Phi) is 6.62. The molecule has 1 aliphatic carbocycles. The van der Waals surface area contributed by atoms with E-state index in [-0.39, 0.29) is 18.5 Å². The van der Waals surface area contributed by atoms with E-state index in [1.54, 1.807) is 0 Å². The molecule has 1 fully saturated rings. The van der Waals surface area contributed by atoms with Crippen molar-refractivity contribution in [1.82, 2.24) is 10.1 Å². The van der Waals surface area contributed by atoms with E-state index in [9.17, 15) is 0 Å². The molecule has 6 heteroatoms. The number of ether oxygens (including phenoxy) is 1. The maximum Gasteiger partial charge on any atom is 0.250 e. The van der Waals surface area contributed by atoms with Crippen LogP contribution in [0.25, 0.3) is 12.2 Å². The summed E-state index contributed by atoms with van der Waals surface area (Å²) in [5.41, 5.74) is 6.93. The first-order chi connectivity index (χ1) is 11.6. The second-order valence-corrected chi connectivity index (χ2v) is 6.53. The second kappa shape index (κ2) is 8.50. The molecule has 2 N–H and O–H groups in total. The number of benzene rings is 1. The van der Waals surface area contributed by atoms with Gasteiger partial charge in [0.2, 0.25) is 0 Å². The molecule has 25 heavy (non-hydrogen) atoms. The smallest absolute Gasteiger partial charge is 0.250 e. The molecule has 1 aromatic carbocycles. The van der Waals surface area contributed by atoms with Gasteiger partial charge in [0, 0.05) is 11.6 Å². The first kappa shape index (κ1) is 19.5. The first-order valence-corrected chi connectivity index (χ1v) is 8.67. The van der Waals surface area contributed by atoms with Gasteiger partial charge in [0.25, 0.3) is 5.89 Å². The van der Waals surface area contributed by atoms with Gasteiger partial charge in [0.15, 0.2) is 5.82 Å². The largest absolute Gasteiger partial charge is 0.490 e. The van der Waals surface area contributed by atoms with Crippen LogP contribution in [0, 0.1) is 0 Å². The average molecular weight is 364 g/mol. The van der Waals surface area contributed by atoms with Crippen LogP contribution in [0.1, 0.15) is 63.2 Å². The molecule has 0 radical (unpaired) electrons. The third-order valence-electron chi connectivity index (χ3n) is 4.61. The molecule has 0 spiro atoms. The lowest BCUT2D eigenvalue weighted by Gasteiger charge is -2.17. The van der Waals surface area contributed by atoms with E-state index >= 15 is 0 Å². The van der Waals surface area contributed by atoms with Crippen LogP contribution in [-0.2, 0) is 5.54 Å². The SMILES string of the molecule is CCC(C)Oc1ccccc1/C=C/c1nc(C2(N)CCCC2)no1.Cl. The Balaban J connectivity index is 0.00000225. The normalized spacial score (nSPS) is 17.4. The molecule has 0 bridgehead atoms. The standard InChI is InChI=1S/C19H25N3O2.ClH/c1-3-14(2)23-16-9-5-4-8-15(16)10-11-17-21-18(22-24-17)19(20)12-6-7-13-19;/h4-5,8-11,14H,3,6-7,12-13,20H2,1-2H3;1H/b11-10+;. The Bertz CT molecular complexity index is 708. The predicted molar refractivity (Wildman–Crippen MR) is 102 cm³/mol. The third kappa shape index (κ3) is 4.61. The van der Waals surface area contributed by atoms with E-state index in [0.29, 0.717) is 11.7 Å².